The molecule has 8 heteroatoms. The number of nitrogens with zero attached hydrogens (tertiary/aromatic N) is 3. The third-order valence-corrected chi connectivity index (χ3v) is 2.88. The second-order valence-corrected chi connectivity index (χ2v) is 4.21. The van der Waals surface area contributed by atoms with Gasteiger partial charge in [0.25, 0.3) is 5.69 Å². The summed E-state index contributed by atoms with van der Waals surface area (Å²) in [6.45, 7) is 0. The van der Waals surface area contributed by atoms with Crippen LogP contribution in [0.1, 0.15) is 0 Å². The van der Waals surface area contributed by atoms with Gasteiger partial charge in [-0.3, -0.25) is 10.1 Å². The maximum atomic E-state index is 10.9. The van der Waals surface area contributed by atoms with Crippen LogP contribution in [-0.4, -0.2) is 19.1 Å². The molecule has 2 rings (SSSR count). The Morgan fingerprint density at radius 3 is 2.32 bits per heavy atom. The predicted octanol–water partition coefficient (Wildman–Crippen LogP) is 3.61. The topological polar surface area (TPSA) is 112 Å². The quantitative estimate of drug-likeness (QED) is 0.392. The van der Waals surface area contributed by atoms with Crippen LogP contribution in [0.15, 0.2) is 46.6 Å². The molecule has 0 saturated carbocycles. The number of ether oxygens (including phenoxy) is 2. The van der Waals surface area contributed by atoms with Gasteiger partial charge >= 0.3 is 0 Å². The van der Waals surface area contributed by atoms with Gasteiger partial charge in [-0.05, 0) is 6.07 Å². The van der Waals surface area contributed by atoms with Gasteiger partial charge < -0.3 is 15.2 Å². The molecule has 22 heavy (non-hydrogen) atoms. The third-order valence-electron chi connectivity index (χ3n) is 2.88. The average Bonchev–Trinajstić information content (AvgIpc) is 2.53. The molecular weight excluding hydrogens is 288 g/mol. The molecule has 0 aliphatic heterocycles. The molecule has 8 nitrogen and oxygen atoms in total. The first-order valence-corrected chi connectivity index (χ1v) is 6.23. The highest BCUT2D eigenvalue weighted by Gasteiger charge is 2.13. The first-order chi connectivity index (χ1) is 10.6. The van der Waals surface area contributed by atoms with Crippen LogP contribution in [0.25, 0.3) is 0 Å². The Balaban J connectivity index is 2.44. The molecule has 0 spiro atoms. The smallest absolute Gasteiger partial charge is 0.296 e. The summed E-state index contributed by atoms with van der Waals surface area (Å²) in [6.07, 6.45) is 0. The lowest BCUT2D eigenvalue weighted by molar-refractivity contribution is -0.384. The number of para-hydroxylation sites is 1. The van der Waals surface area contributed by atoms with Gasteiger partial charge in [0.1, 0.15) is 17.2 Å². The van der Waals surface area contributed by atoms with E-state index in [0.29, 0.717) is 22.9 Å². The summed E-state index contributed by atoms with van der Waals surface area (Å²) in [4.78, 5) is 10.4. The third kappa shape index (κ3) is 3.11. The van der Waals surface area contributed by atoms with Crippen LogP contribution < -0.4 is 15.2 Å². The van der Waals surface area contributed by atoms with Gasteiger partial charge in [0, 0.05) is 18.2 Å². The Kier molecular flexibility index (Phi) is 4.52. The van der Waals surface area contributed by atoms with E-state index in [9.17, 15) is 10.1 Å². The molecule has 0 saturated heterocycles. The minimum Gasteiger partial charge on any atom is -0.495 e. The lowest BCUT2D eigenvalue weighted by atomic mass is 10.2. The number of azo groups is 1. The fourth-order valence-electron chi connectivity index (χ4n) is 1.79. The van der Waals surface area contributed by atoms with Crippen LogP contribution in [0.2, 0.25) is 0 Å². The summed E-state index contributed by atoms with van der Waals surface area (Å²) in [7, 11) is 2.94. The molecule has 2 N–H and O–H groups in total. The van der Waals surface area contributed by atoms with Gasteiger partial charge in [0.15, 0.2) is 5.69 Å². The van der Waals surface area contributed by atoms with Crippen LogP contribution in [0, 0.1) is 10.1 Å². The predicted molar refractivity (Wildman–Crippen MR) is 81.2 cm³/mol. The number of hydrogen-bond acceptors (Lipinski definition) is 7. The highest BCUT2D eigenvalue weighted by molar-refractivity contribution is 5.67. The van der Waals surface area contributed by atoms with E-state index in [1.54, 1.807) is 24.3 Å². The number of methoxy groups -OCH3 is 2. The Morgan fingerprint density at radius 2 is 1.68 bits per heavy atom. The summed E-state index contributed by atoms with van der Waals surface area (Å²) >= 11 is 0. The van der Waals surface area contributed by atoms with Gasteiger partial charge in [-0.25, -0.2) is 0 Å². The number of nitrogens with two attached hydrogens (primary N) is 1. The van der Waals surface area contributed by atoms with E-state index < -0.39 is 4.92 Å². The number of nitrogen functional groups attached to an aromatic ring is 1. The van der Waals surface area contributed by atoms with E-state index in [1.807, 2.05) is 0 Å². The van der Waals surface area contributed by atoms with Crippen LogP contribution in [0.4, 0.5) is 22.7 Å². The van der Waals surface area contributed by atoms with Crippen molar-refractivity contribution in [2.24, 2.45) is 10.2 Å². The van der Waals surface area contributed by atoms with E-state index in [-0.39, 0.29) is 11.4 Å². The van der Waals surface area contributed by atoms with Crippen molar-refractivity contribution >= 4 is 22.7 Å². The first kappa shape index (κ1) is 15.2. The van der Waals surface area contributed by atoms with E-state index in [1.165, 1.54) is 26.4 Å². The van der Waals surface area contributed by atoms with E-state index in [4.69, 9.17) is 15.2 Å². The van der Waals surface area contributed by atoms with Crippen LogP contribution in [0.3, 0.4) is 0 Å². The van der Waals surface area contributed by atoms with Crippen LogP contribution in [-0.2, 0) is 0 Å². The van der Waals surface area contributed by atoms with Crippen molar-refractivity contribution in [3.63, 3.8) is 0 Å². The maximum absolute atomic E-state index is 10.9. The van der Waals surface area contributed by atoms with Gasteiger partial charge in [0.2, 0.25) is 0 Å². The number of nitro groups is 1. The SMILES string of the molecule is COc1cc(N=Nc2ccccc2[N+](=O)[O-])c(OC)cc1N. The Labute approximate surface area is 126 Å². The molecular formula is C14H14N4O4. The molecule has 0 atom stereocenters. The monoisotopic (exact) mass is 302 g/mol. The molecule has 0 amide bonds. The van der Waals surface area contributed by atoms with Crippen molar-refractivity contribution in [2.75, 3.05) is 20.0 Å². The second-order valence-electron chi connectivity index (χ2n) is 4.21. The fourth-order valence-corrected chi connectivity index (χ4v) is 1.79. The number of anilines is 1. The van der Waals surface area contributed by atoms with Gasteiger partial charge in [-0.2, -0.15) is 0 Å². The van der Waals surface area contributed by atoms with Crippen molar-refractivity contribution < 1.29 is 14.4 Å². The molecule has 0 radical (unpaired) electrons. The van der Waals surface area contributed by atoms with Crippen LogP contribution >= 0.6 is 0 Å². The van der Waals surface area contributed by atoms with Gasteiger partial charge in [-0.1, -0.05) is 12.1 Å². The zero-order chi connectivity index (χ0) is 16.1. The second kappa shape index (κ2) is 6.53. The summed E-state index contributed by atoms with van der Waals surface area (Å²) in [5.74, 6) is 0.804. The molecule has 0 heterocycles. The molecule has 114 valence electrons. The zero-order valence-corrected chi connectivity index (χ0v) is 12.0. The Morgan fingerprint density at radius 1 is 1.05 bits per heavy atom. The van der Waals surface area contributed by atoms with Gasteiger partial charge in [0.05, 0.1) is 24.8 Å². The minimum absolute atomic E-state index is 0.132. The molecule has 0 aliphatic rings. The van der Waals surface area contributed by atoms with Crippen molar-refractivity contribution in [2.45, 2.75) is 0 Å². The Bertz CT molecular complexity index is 731. The van der Waals surface area contributed by atoms with E-state index in [0.717, 1.165) is 0 Å². The highest BCUT2D eigenvalue weighted by Crippen LogP contribution is 2.38. The number of nitro benzene ring substituents is 1. The molecule has 0 unspecified atom stereocenters. The average molecular weight is 302 g/mol. The molecule has 0 bridgehead atoms. The summed E-state index contributed by atoms with van der Waals surface area (Å²) in [5, 5.41) is 18.9. The van der Waals surface area contributed by atoms with E-state index >= 15 is 0 Å². The van der Waals surface area contributed by atoms with Crippen molar-refractivity contribution in [3.8, 4) is 11.5 Å². The normalized spacial score (nSPS) is 10.6. The van der Waals surface area contributed by atoms with Crippen LogP contribution in [0.5, 0.6) is 11.5 Å². The zero-order valence-electron chi connectivity index (χ0n) is 12.0. The summed E-state index contributed by atoms with van der Waals surface area (Å²) in [6, 6.07) is 9.16. The van der Waals surface area contributed by atoms with Crippen molar-refractivity contribution in [1.82, 2.24) is 0 Å². The molecule has 2 aromatic rings. The standard InChI is InChI=1S/C14H14N4O4/c1-21-13-8-11(14(22-2)7-9(13)15)17-16-10-5-3-4-6-12(10)18(19)20/h3-8H,15H2,1-2H3. The molecule has 0 fully saturated rings. The molecule has 0 aliphatic carbocycles. The minimum atomic E-state index is -0.519. The van der Waals surface area contributed by atoms with Crippen molar-refractivity contribution in [3.05, 3.63) is 46.5 Å². The van der Waals surface area contributed by atoms with E-state index in [2.05, 4.69) is 10.2 Å². The number of hydrogen-bond donors (Lipinski definition) is 1. The molecule has 0 aromatic heterocycles. The lowest BCUT2D eigenvalue weighted by Crippen LogP contribution is -1.94. The summed E-state index contributed by atoms with van der Waals surface area (Å²) in [5.41, 5.74) is 6.54. The lowest BCUT2D eigenvalue weighted by Gasteiger charge is -2.09. The first-order valence-electron chi connectivity index (χ1n) is 6.23. The molecule has 2 aromatic carbocycles. The highest BCUT2D eigenvalue weighted by atomic mass is 16.6. The number of rotatable bonds is 5. The van der Waals surface area contributed by atoms with Gasteiger partial charge in [-0.15, -0.1) is 10.2 Å². The maximum Gasteiger partial charge on any atom is 0.296 e. The summed E-state index contributed by atoms with van der Waals surface area (Å²) < 4.78 is 10.3. The fraction of sp³-hybridized carbons (Fsp3) is 0.143. The number of benzene rings is 2. The van der Waals surface area contributed by atoms with Crippen molar-refractivity contribution in [1.29, 1.82) is 0 Å². The largest absolute Gasteiger partial charge is 0.495 e. The Hall–Kier alpha value is -3.16.